The topological polar surface area (TPSA) is 125 Å². The van der Waals surface area contributed by atoms with Crippen molar-refractivity contribution in [3.63, 3.8) is 0 Å². The van der Waals surface area contributed by atoms with E-state index in [0.29, 0.717) is 19.4 Å². The first-order valence-corrected chi connectivity index (χ1v) is 11.5. The molecule has 9 heteroatoms. The van der Waals surface area contributed by atoms with Crippen LogP contribution in [0, 0.1) is 5.92 Å². The number of likely N-dealkylation sites (tertiary alicyclic amines) is 1. The first kappa shape index (κ1) is 25.7. The number of aliphatic carboxylic acids is 1. The van der Waals surface area contributed by atoms with E-state index < -0.39 is 41.7 Å². The molecule has 0 radical (unpaired) electrons. The number of nitrogens with zero attached hydrogens (tertiary/aromatic N) is 1. The molecule has 3 amide bonds. The maximum Gasteiger partial charge on any atom is 0.408 e. The summed E-state index contributed by atoms with van der Waals surface area (Å²) in [5.41, 5.74) is -0.697. The SMILES string of the molecule is C=CCC(NC(=O)C1CCCN1C(=O)C(NC(=O)OC(C)(C)C)C1CCCCC1)C(=O)O. The Bertz CT molecular complexity index is 711. The lowest BCUT2D eigenvalue weighted by Gasteiger charge is -2.35. The van der Waals surface area contributed by atoms with E-state index in [4.69, 9.17) is 4.74 Å². The smallest absolute Gasteiger partial charge is 0.408 e. The number of rotatable bonds is 8. The Balaban J connectivity index is 2.16. The number of carbonyl (C=O) groups excluding carboxylic acids is 3. The molecule has 0 spiro atoms. The van der Waals surface area contributed by atoms with Crippen molar-refractivity contribution >= 4 is 23.9 Å². The molecule has 0 aromatic rings. The summed E-state index contributed by atoms with van der Waals surface area (Å²) in [7, 11) is 0. The zero-order valence-corrected chi connectivity index (χ0v) is 19.4. The van der Waals surface area contributed by atoms with Gasteiger partial charge in [0.1, 0.15) is 23.7 Å². The van der Waals surface area contributed by atoms with Gasteiger partial charge >= 0.3 is 12.1 Å². The van der Waals surface area contributed by atoms with Crippen LogP contribution in [0.2, 0.25) is 0 Å². The second kappa shape index (κ2) is 11.3. The molecular weight excluding hydrogens is 414 g/mol. The number of ether oxygens (including phenoxy) is 1. The molecule has 180 valence electrons. The predicted octanol–water partition coefficient (Wildman–Crippen LogP) is 2.60. The fraction of sp³-hybridized carbons (Fsp3) is 0.739. The molecule has 1 saturated heterocycles. The van der Waals surface area contributed by atoms with Crippen molar-refractivity contribution in [2.75, 3.05) is 6.54 Å². The normalized spacial score (nSPS) is 21.3. The molecule has 1 saturated carbocycles. The van der Waals surface area contributed by atoms with Crippen LogP contribution < -0.4 is 10.6 Å². The number of nitrogens with one attached hydrogen (secondary N) is 2. The first-order chi connectivity index (χ1) is 15.0. The summed E-state index contributed by atoms with van der Waals surface area (Å²) >= 11 is 0. The Hall–Kier alpha value is -2.58. The maximum atomic E-state index is 13.5. The lowest BCUT2D eigenvalue weighted by molar-refractivity contribution is -0.144. The minimum absolute atomic E-state index is 0.0272. The molecule has 1 aliphatic carbocycles. The third-order valence-corrected chi connectivity index (χ3v) is 5.92. The van der Waals surface area contributed by atoms with Crippen molar-refractivity contribution in [3.8, 4) is 0 Å². The molecule has 3 unspecified atom stereocenters. The van der Waals surface area contributed by atoms with E-state index in [-0.39, 0.29) is 18.2 Å². The van der Waals surface area contributed by atoms with Gasteiger partial charge in [0.25, 0.3) is 0 Å². The van der Waals surface area contributed by atoms with Crippen LogP contribution in [-0.4, -0.2) is 64.2 Å². The van der Waals surface area contributed by atoms with Crippen molar-refractivity contribution in [1.29, 1.82) is 0 Å². The molecular formula is C23H37N3O6. The van der Waals surface area contributed by atoms with E-state index in [1.807, 2.05) is 0 Å². The molecule has 2 rings (SSSR count). The average molecular weight is 452 g/mol. The molecule has 9 nitrogen and oxygen atoms in total. The monoisotopic (exact) mass is 451 g/mol. The van der Waals surface area contributed by atoms with Gasteiger partial charge in [-0.1, -0.05) is 25.3 Å². The quantitative estimate of drug-likeness (QED) is 0.487. The predicted molar refractivity (Wildman–Crippen MR) is 119 cm³/mol. The lowest BCUT2D eigenvalue weighted by atomic mass is 9.83. The molecule has 32 heavy (non-hydrogen) atoms. The van der Waals surface area contributed by atoms with Crippen LogP contribution in [0.4, 0.5) is 4.79 Å². The van der Waals surface area contributed by atoms with E-state index in [0.717, 1.165) is 32.1 Å². The standard InChI is InChI=1S/C23H37N3O6/c1-5-10-16(21(29)30)24-19(27)17-13-9-14-26(17)20(28)18(15-11-7-6-8-12-15)25-22(31)32-23(2,3)4/h5,15-18H,1,6-14H2,2-4H3,(H,24,27)(H,25,31)(H,29,30). The van der Waals surface area contributed by atoms with E-state index in [1.165, 1.54) is 11.0 Å². The summed E-state index contributed by atoms with van der Waals surface area (Å²) in [5, 5.41) is 14.6. The fourth-order valence-corrected chi connectivity index (χ4v) is 4.42. The largest absolute Gasteiger partial charge is 0.480 e. The van der Waals surface area contributed by atoms with Gasteiger partial charge in [-0.25, -0.2) is 9.59 Å². The molecule has 3 atom stereocenters. The molecule has 3 N–H and O–H groups in total. The summed E-state index contributed by atoms with van der Waals surface area (Å²) in [5.74, 6) is -1.98. The Labute approximate surface area is 189 Å². The van der Waals surface area contributed by atoms with Crippen LogP contribution in [0.15, 0.2) is 12.7 Å². The second-order valence-corrected chi connectivity index (χ2v) is 9.64. The lowest BCUT2D eigenvalue weighted by Crippen LogP contribution is -2.57. The van der Waals surface area contributed by atoms with Gasteiger partial charge in [-0.3, -0.25) is 9.59 Å². The van der Waals surface area contributed by atoms with Gasteiger partial charge in [0, 0.05) is 6.54 Å². The average Bonchev–Trinajstić information content (AvgIpc) is 3.20. The molecule has 1 aliphatic heterocycles. The summed E-state index contributed by atoms with van der Waals surface area (Å²) < 4.78 is 5.38. The zero-order valence-electron chi connectivity index (χ0n) is 19.4. The van der Waals surface area contributed by atoms with E-state index >= 15 is 0 Å². The van der Waals surface area contributed by atoms with Crippen LogP contribution in [0.25, 0.3) is 0 Å². The van der Waals surface area contributed by atoms with Gasteiger partial charge in [-0.2, -0.15) is 0 Å². The zero-order chi connectivity index (χ0) is 23.9. The number of amides is 3. The third kappa shape index (κ3) is 7.24. The third-order valence-electron chi connectivity index (χ3n) is 5.92. The molecule has 2 aliphatic rings. The van der Waals surface area contributed by atoms with Gasteiger partial charge in [0.05, 0.1) is 0 Å². The molecule has 0 aromatic heterocycles. The Morgan fingerprint density at radius 3 is 2.31 bits per heavy atom. The highest BCUT2D eigenvalue weighted by atomic mass is 16.6. The fourth-order valence-electron chi connectivity index (χ4n) is 4.42. The van der Waals surface area contributed by atoms with Gasteiger partial charge in [-0.05, 0) is 58.8 Å². The summed E-state index contributed by atoms with van der Waals surface area (Å²) in [6.07, 6.45) is 6.64. The molecule has 2 fully saturated rings. The number of hydrogen-bond donors (Lipinski definition) is 3. The number of carboxylic acids is 1. The number of carbonyl (C=O) groups is 4. The highest BCUT2D eigenvalue weighted by Crippen LogP contribution is 2.29. The van der Waals surface area contributed by atoms with E-state index in [9.17, 15) is 24.3 Å². The van der Waals surface area contributed by atoms with E-state index in [2.05, 4.69) is 17.2 Å². The minimum atomic E-state index is -1.15. The number of carboxylic acid groups (broad SMARTS) is 1. The van der Waals surface area contributed by atoms with Crippen molar-refractivity contribution in [1.82, 2.24) is 15.5 Å². The number of alkyl carbamates (subject to hydrolysis) is 1. The van der Waals surface area contributed by atoms with Crippen LogP contribution >= 0.6 is 0 Å². The van der Waals surface area contributed by atoms with Gasteiger partial charge < -0.3 is 25.4 Å². The Morgan fingerprint density at radius 2 is 1.75 bits per heavy atom. The van der Waals surface area contributed by atoms with E-state index in [1.54, 1.807) is 20.8 Å². The van der Waals surface area contributed by atoms with Crippen molar-refractivity contribution in [2.24, 2.45) is 5.92 Å². The highest BCUT2D eigenvalue weighted by Gasteiger charge is 2.41. The maximum absolute atomic E-state index is 13.5. The summed E-state index contributed by atoms with van der Waals surface area (Å²) in [4.78, 5) is 51.8. The minimum Gasteiger partial charge on any atom is -0.480 e. The Morgan fingerprint density at radius 1 is 1.09 bits per heavy atom. The van der Waals surface area contributed by atoms with Crippen LogP contribution in [-0.2, 0) is 19.1 Å². The van der Waals surface area contributed by atoms with Crippen LogP contribution in [0.5, 0.6) is 0 Å². The molecule has 0 aromatic carbocycles. The number of hydrogen-bond acceptors (Lipinski definition) is 5. The van der Waals surface area contributed by atoms with Crippen LogP contribution in [0.3, 0.4) is 0 Å². The summed E-state index contributed by atoms with van der Waals surface area (Å²) in [6.45, 7) is 9.18. The first-order valence-electron chi connectivity index (χ1n) is 11.5. The van der Waals surface area contributed by atoms with Gasteiger partial charge in [0.15, 0.2) is 0 Å². The molecule has 1 heterocycles. The molecule has 0 bridgehead atoms. The van der Waals surface area contributed by atoms with Crippen molar-refractivity contribution in [2.45, 2.75) is 95.9 Å². The van der Waals surface area contributed by atoms with Crippen molar-refractivity contribution in [3.05, 3.63) is 12.7 Å². The van der Waals surface area contributed by atoms with Gasteiger partial charge in [-0.15, -0.1) is 6.58 Å². The summed E-state index contributed by atoms with van der Waals surface area (Å²) in [6, 6.07) is -2.63. The Kier molecular flexibility index (Phi) is 9.09. The van der Waals surface area contributed by atoms with Crippen molar-refractivity contribution < 1.29 is 29.0 Å². The highest BCUT2D eigenvalue weighted by molar-refractivity contribution is 5.93. The second-order valence-electron chi connectivity index (χ2n) is 9.64. The van der Waals surface area contributed by atoms with Gasteiger partial charge in [0.2, 0.25) is 11.8 Å². The van der Waals surface area contributed by atoms with Crippen LogP contribution in [0.1, 0.15) is 72.1 Å².